The number of ether oxygens (including phenoxy) is 1. The third-order valence-electron chi connectivity index (χ3n) is 5.45. The van der Waals surface area contributed by atoms with Crippen LogP contribution in [-0.2, 0) is 9.53 Å². The van der Waals surface area contributed by atoms with Gasteiger partial charge in [0.15, 0.2) is 0 Å². The summed E-state index contributed by atoms with van der Waals surface area (Å²) in [6.45, 7) is 2.90. The Morgan fingerprint density at radius 2 is 1.24 bits per heavy atom. The SMILES string of the molecule is CCCCCCCCCCCCC(=O)OCCCCCCCC1CC1. The van der Waals surface area contributed by atoms with Crippen molar-refractivity contribution in [3.63, 3.8) is 0 Å². The molecule has 0 atom stereocenters. The Hall–Kier alpha value is -0.530. The van der Waals surface area contributed by atoms with E-state index in [0.717, 1.165) is 18.8 Å². The van der Waals surface area contributed by atoms with Gasteiger partial charge in [0.05, 0.1) is 6.61 Å². The van der Waals surface area contributed by atoms with E-state index in [9.17, 15) is 4.79 Å². The van der Waals surface area contributed by atoms with Gasteiger partial charge in [-0.25, -0.2) is 0 Å². The second-order valence-corrected chi connectivity index (χ2v) is 8.15. The van der Waals surface area contributed by atoms with E-state index >= 15 is 0 Å². The third-order valence-corrected chi connectivity index (χ3v) is 5.45. The summed E-state index contributed by atoms with van der Waals surface area (Å²) < 4.78 is 5.34. The predicted molar refractivity (Wildman–Crippen MR) is 108 cm³/mol. The number of carbonyl (C=O) groups excluding carboxylic acids is 1. The van der Waals surface area contributed by atoms with Gasteiger partial charge in [-0.15, -0.1) is 0 Å². The van der Waals surface area contributed by atoms with Crippen molar-refractivity contribution in [3.05, 3.63) is 0 Å². The molecule has 0 spiro atoms. The van der Waals surface area contributed by atoms with Gasteiger partial charge in [0, 0.05) is 6.42 Å². The van der Waals surface area contributed by atoms with Gasteiger partial charge in [-0.2, -0.15) is 0 Å². The number of carbonyl (C=O) groups is 1. The monoisotopic (exact) mass is 352 g/mol. The maximum absolute atomic E-state index is 11.7. The fourth-order valence-corrected chi connectivity index (χ4v) is 3.49. The molecule has 0 heterocycles. The van der Waals surface area contributed by atoms with Crippen LogP contribution in [0.4, 0.5) is 0 Å². The minimum atomic E-state index is 0.0216. The molecule has 0 unspecified atom stereocenters. The van der Waals surface area contributed by atoms with E-state index < -0.39 is 0 Å². The van der Waals surface area contributed by atoms with Crippen LogP contribution < -0.4 is 0 Å². The highest BCUT2D eigenvalue weighted by Gasteiger charge is 2.19. The summed E-state index contributed by atoms with van der Waals surface area (Å²) in [4.78, 5) is 11.7. The minimum absolute atomic E-state index is 0.0216. The lowest BCUT2D eigenvalue weighted by Gasteiger charge is -2.05. The van der Waals surface area contributed by atoms with Crippen molar-refractivity contribution in [2.45, 2.75) is 129 Å². The van der Waals surface area contributed by atoms with Crippen molar-refractivity contribution in [1.82, 2.24) is 0 Å². The molecule has 1 aliphatic rings. The zero-order chi connectivity index (χ0) is 18.0. The Balaban J connectivity index is 1.69. The van der Waals surface area contributed by atoms with Crippen LogP contribution >= 0.6 is 0 Å². The molecule has 0 N–H and O–H groups in total. The topological polar surface area (TPSA) is 26.3 Å². The van der Waals surface area contributed by atoms with E-state index in [-0.39, 0.29) is 5.97 Å². The number of esters is 1. The molecule has 0 saturated heterocycles. The first-order valence-corrected chi connectivity index (χ1v) is 11.5. The molecule has 1 saturated carbocycles. The van der Waals surface area contributed by atoms with Crippen molar-refractivity contribution in [1.29, 1.82) is 0 Å². The Labute approximate surface area is 157 Å². The van der Waals surface area contributed by atoms with Crippen molar-refractivity contribution < 1.29 is 9.53 Å². The second-order valence-electron chi connectivity index (χ2n) is 8.15. The van der Waals surface area contributed by atoms with E-state index in [2.05, 4.69) is 6.92 Å². The third kappa shape index (κ3) is 16.7. The Bertz CT molecular complexity index is 296. The molecule has 25 heavy (non-hydrogen) atoms. The lowest BCUT2D eigenvalue weighted by molar-refractivity contribution is -0.143. The maximum atomic E-state index is 11.7. The molecular weight excluding hydrogens is 308 g/mol. The first-order chi connectivity index (χ1) is 12.3. The van der Waals surface area contributed by atoms with E-state index in [0.29, 0.717) is 13.0 Å². The largest absolute Gasteiger partial charge is 0.466 e. The summed E-state index contributed by atoms with van der Waals surface area (Å²) in [6.07, 6.45) is 24.5. The smallest absolute Gasteiger partial charge is 0.305 e. The number of hydrogen-bond acceptors (Lipinski definition) is 2. The van der Waals surface area contributed by atoms with Gasteiger partial charge in [0.1, 0.15) is 0 Å². The van der Waals surface area contributed by atoms with Crippen LogP contribution in [0.3, 0.4) is 0 Å². The highest BCUT2D eigenvalue weighted by atomic mass is 16.5. The lowest BCUT2D eigenvalue weighted by Crippen LogP contribution is -2.05. The Morgan fingerprint density at radius 3 is 1.84 bits per heavy atom. The fraction of sp³-hybridized carbons (Fsp3) is 0.957. The molecule has 1 rings (SSSR count). The first-order valence-electron chi connectivity index (χ1n) is 11.5. The van der Waals surface area contributed by atoms with Gasteiger partial charge in [-0.05, 0) is 18.8 Å². The van der Waals surface area contributed by atoms with Gasteiger partial charge in [0.25, 0.3) is 0 Å². The highest BCUT2D eigenvalue weighted by Crippen LogP contribution is 2.34. The normalized spacial score (nSPS) is 14.0. The molecular formula is C23H44O2. The van der Waals surface area contributed by atoms with Crippen molar-refractivity contribution in [2.24, 2.45) is 5.92 Å². The van der Waals surface area contributed by atoms with Crippen molar-refractivity contribution in [3.8, 4) is 0 Å². The lowest BCUT2D eigenvalue weighted by atomic mass is 10.1. The van der Waals surface area contributed by atoms with Crippen LogP contribution in [-0.4, -0.2) is 12.6 Å². The molecule has 0 aromatic heterocycles. The number of hydrogen-bond donors (Lipinski definition) is 0. The minimum Gasteiger partial charge on any atom is -0.466 e. The molecule has 0 bridgehead atoms. The van der Waals surface area contributed by atoms with Crippen LogP contribution in [0, 0.1) is 5.92 Å². The van der Waals surface area contributed by atoms with Gasteiger partial charge in [-0.1, -0.05) is 110 Å². The molecule has 0 radical (unpaired) electrons. The number of rotatable bonds is 19. The van der Waals surface area contributed by atoms with Gasteiger partial charge in [0.2, 0.25) is 0 Å². The van der Waals surface area contributed by atoms with E-state index in [1.54, 1.807) is 0 Å². The quantitative estimate of drug-likeness (QED) is 0.177. The fourth-order valence-electron chi connectivity index (χ4n) is 3.49. The summed E-state index contributed by atoms with van der Waals surface area (Å²) >= 11 is 0. The average molecular weight is 353 g/mol. The second kappa shape index (κ2) is 16.9. The molecule has 0 amide bonds. The first kappa shape index (κ1) is 22.5. The van der Waals surface area contributed by atoms with Crippen LogP contribution in [0.15, 0.2) is 0 Å². The van der Waals surface area contributed by atoms with E-state index in [1.165, 1.54) is 103 Å². The molecule has 1 fully saturated rings. The molecule has 148 valence electrons. The van der Waals surface area contributed by atoms with E-state index in [4.69, 9.17) is 4.74 Å². The van der Waals surface area contributed by atoms with Crippen LogP contribution in [0.1, 0.15) is 129 Å². The average Bonchev–Trinajstić information content (AvgIpc) is 3.43. The van der Waals surface area contributed by atoms with Gasteiger partial charge in [-0.3, -0.25) is 4.79 Å². The van der Waals surface area contributed by atoms with Gasteiger partial charge >= 0.3 is 5.97 Å². The number of unbranched alkanes of at least 4 members (excludes halogenated alkanes) is 13. The van der Waals surface area contributed by atoms with Crippen LogP contribution in [0.2, 0.25) is 0 Å². The summed E-state index contributed by atoms with van der Waals surface area (Å²) in [5, 5.41) is 0. The van der Waals surface area contributed by atoms with Crippen LogP contribution in [0.25, 0.3) is 0 Å². The predicted octanol–water partition coefficient (Wildman–Crippen LogP) is 7.59. The molecule has 0 aliphatic heterocycles. The Kier molecular flexibility index (Phi) is 15.2. The van der Waals surface area contributed by atoms with Crippen molar-refractivity contribution in [2.75, 3.05) is 6.61 Å². The molecule has 2 heteroatoms. The summed E-state index contributed by atoms with van der Waals surface area (Å²) in [6, 6.07) is 0. The van der Waals surface area contributed by atoms with Crippen molar-refractivity contribution >= 4 is 5.97 Å². The van der Waals surface area contributed by atoms with E-state index in [1.807, 2.05) is 0 Å². The summed E-state index contributed by atoms with van der Waals surface area (Å²) in [5.74, 6) is 1.10. The van der Waals surface area contributed by atoms with Gasteiger partial charge < -0.3 is 4.74 Å². The zero-order valence-electron chi connectivity index (χ0n) is 17.0. The molecule has 0 aromatic rings. The van der Waals surface area contributed by atoms with Crippen LogP contribution in [0.5, 0.6) is 0 Å². The molecule has 2 nitrogen and oxygen atoms in total. The summed E-state index contributed by atoms with van der Waals surface area (Å²) in [7, 11) is 0. The summed E-state index contributed by atoms with van der Waals surface area (Å²) in [5.41, 5.74) is 0. The maximum Gasteiger partial charge on any atom is 0.305 e. The standard InChI is InChI=1S/C23H44O2/c1-2-3-4-5-6-7-8-9-12-15-18-23(24)25-21-16-13-10-11-14-17-22-19-20-22/h22H,2-21H2,1H3. The molecule has 0 aromatic carbocycles. The highest BCUT2D eigenvalue weighted by molar-refractivity contribution is 5.69. The zero-order valence-corrected chi connectivity index (χ0v) is 17.0. The molecule has 1 aliphatic carbocycles. The Morgan fingerprint density at radius 1 is 0.720 bits per heavy atom.